The molecule has 4 nitrogen and oxygen atoms in total. The lowest BCUT2D eigenvalue weighted by Crippen LogP contribution is -1.93. The summed E-state index contributed by atoms with van der Waals surface area (Å²) in [5.41, 5.74) is 10.4. The van der Waals surface area contributed by atoms with Gasteiger partial charge >= 0.3 is 0 Å². The summed E-state index contributed by atoms with van der Waals surface area (Å²) in [6.07, 6.45) is 0. The highest BCUT2D eigenvalue weighted by Gasteiger charge is 2.18. The van der Waals surface area contributed by atoms with Crippen molar-refractivity contribution in [3.63, 3.8) is 0 Å². The second-order valence-electron chi connectivity index (χ2n) is 12.1. The lowest BCUT2D eigenvalue weighted by atomic mass is 10.1. The molecule has 0 aliphatic heterocycles. The molecule has 4 heterocycles. The van der Waals surface area contributed by atoms with Crippen LogP contribution in [0.4, 0.5) is 0 Å². The minimum absolute atomic E-state index is 0.854. The summed E-state index contributed by atoms with van der Waals surface area (Å²) >= 11 is 0. The maximum atomic E-state index is 6.60. The molecule has 0 fully saturated rings. The molecule has 46 heavy (non-hydrogen) atoms. The minimum Gasteiger partial charge on any atom is -0.456 e. The fraction of sp³-hybridized carbons (Fsp3) is 0. The molecule has 0 aliphatic carbocycles. The Morgan fingerprint density at radius 2 is 0.674 bits per heavy atom. The number of benzene rings is 7. The van der Waals surface area contributed by atoms with Gasteiger partial charge in [0.05, 0.1) is 22.1 Å². The Morgan fingerprint density at radius 1 is 0.283 bits per heavy atom. The van der Waals surface area contributed by atoms with Crippen LogP contribution in [0.1, 0.15) is 0 Å². The molecule has 11 rings (SSSR count). The van der Waals surface area contributed by atoms with Crippen molar-refractivity contribution in [1.29, 1.82) is 0 Å². The average Bonchev–Trinajstić information content (AvgIpc) is 3.84. The van der Waals surface area contributed by atoms with Crippen molar-refractivity contribution in [2.45, 2.75) is 0 Å². The predicted molar refractivity (Wildman–Crippen MR) is 190 cm³/mol. The molecular weight excluding hydrogens is 564 g/mol. The largest absolute Gasteiger partial charge is 0.456 e. The van der Waals surface area contributed by atoms with Crippen molar-refractivity contribution >= 4 is 87.5 Å². The maximum absolute atomic E-state index is 6.60. The van der Waals surface area contributed by atoms with Crippen LogP contribution in [0.5, 0.6) is 0 Å². The van der Waals surface area contributed by atoms with Crippen LogP contribution < -0.4 is 0 Å². The molecule has 11 aromatic rings. The van der Waals surface area contributed by atoms with E-state index in [1.807, 2.05) is 0 Å². The zero-order valence-corrected chi connectivity index (χ0v) is 24.6. The number of hydrogen-bond donors (Lipinski definition) is 0. The van der Waals surface area contributed by atoms with Crippen LogP contribution in [0.25, 0.3) is 98.9 Å². The molecule has 0 spiro atoms. The van der Waals surface area contributed by atoms with Crippen LogP contribution in [-0.2, 0) is 0 Å². The summed E-state index contributed by atoms with van der Waals surface area (Å²) in [6, 6.07) is 51.7. The van der Waals surface area contributed by atoms with Crippen molar-refractivity contribution in [1.82, 2.24) is 9.13 Å². The number of fused-ring (bicyclic) bond motifs is 12. The Balaban J connectivity index is 1.12. The summed E-state index contributed by atoms with van der Waals surface area (Å²) in [6.45, 7) is 0. The summed E-state index contributed by atoms with van der Waals surface area (Å²) in [4.78, 5) is 0. The van der Waals surface area contributed by atoms with Gasteiger partial charge in [-0.05, 0) is 66.7 Å². The van der Waals surface area contributed by atoms with Gasteiger partial charge in [0.2, 0.25) is 0 Å². The standard InChI is InChI=1S/C42H24N2O2/c1-5-13-35-27(9-1)28-10-2-6-14-36(28)43(35)25-18-20-39-32(21-25)34-24-41-33(23-42(34)45-39)31-19-17-26(22-40(31)46-41)44-37-15-7-3-11-29(37)30-12-4-8-16-38(30)44/h1-24H. The van der Waals surface area contributed by atoms with Crippen LogP contribution in [-0.4, -0.2) is 9.13 Å². The quantitative estimate of drug-likeness (QED) is 0.201. The molecule has 0 unspecified atom stereocenters. The van der Waals surface area contributed by atoms with Crippen LogP contribution in [0.3, 0.4) is 0 Å². The summed E-state index contributed by atoms with van der Waals surface area (Å²) in [5.74, 6) is 0. The van der Waals surface area contributed by atoms with Gasteiger partial charge in [0, 0.05) is 60.5 Å². The average molecular weight is 589 g/mol. The van der Waals surface area contributed by atoms with E-state index in [2.05, 4.69) is 155 Å². The molecule has 0 amide bonds. The van der Waals surface area contributed by atoms with Crippen molar-refractivity contribution in [2.75, 3.05) is 0 Å². The van der Waals surface area contributed by atoms with Gasteiger partial charge in [0.15, 0.2) is 0 Å². The fourth-order valence-electron chi connectivity index (χ4n) is 7.70. The third-order valence-electron chi connectivity index (χ3n) is 9.71. The highest BCUT2D eigenvalue weighted by molar-refractivity contribution is 6.16. The second kappa shape index (κ2) is 8.68. The monoisotopic (exact) mass is 588 g/mol. The number of rotatable bonds is 2. The lowest BCUT2D eigenvalue weighted by Gasteiger charge is -2.07. The first-order chi connectivity index (χ1) is 22.8. The summed E-state index contributed by atoms with van der Waals surface area (Å²) in [5, 5.41) is 9.24. The van der Waals surface area contributed by atoms with Crippen LogP contribution in [0.2, 0.25) is 0 Å². The van der Waals surface area contributed by atoms with Gasteiger partial charge in [-0.15, -0.1) is 0 Å². The number of furan rings is 2. The predicted octanol–water partition coefficient (Wildman–Crippen LogP) is 11.7. The first kappa shape index (κ1) is 24.1. The third kappa shape index (κ3) is 3.12. The molecule has 4 aromatic heterocycles. The molecular formula is C42H24N2O2. The maximum Gasteiger partial charge on any atom is 0.137 e. The minimum atomic E-state index is 0.854. The zero-order valence-electron chi connectivity index (χ0n) is 24.6. The zero-order chi connectivity index (χ0) is 29.9. The number of para-hydroxylation sites is 4. The first-order valence-electron chi connectivity index (χ1n) is 15.6. The molecule has 0 saturated carbocycles. The van der Waals surface area contributed by atoms with E-state index in [-0.39, 0.29) is 0 Å². The Bertz CT molecular complexity index is 2930. The molecule has 0 aliphatic rings. The van der Waals surface area contributed by atoms with E-state index < -0.39 is 0 Å². The van der Waals surface area contributed by atoms with Gasteiger partial charge in [0.1, 0.15) is 22.3 Å². The molecule has 214 valence electrons. The number of hydrogen-bond acceptors (Lipinski definition) is 2. The molecule has 7 aromatic carbocycles. The lowest BCUT2D eigenvalue weighted by molar-refractivity contribution is 0.664. The van der Waals surface area contributed by atoms with E-state index in [9.17, 15) is 0 Å². The molecule has 0 bridgehead atoms. The molecule has 0 atom stereocenters. The summed E-state index contributed by atoms with van der Waals surface area (Å²) in [7, 11) is 0. The second-order valence-corrected chi connectivity index (χ2v) is 12.1. The first-order valence-corrected chi connectivity index (χ1v) is 15.6. The van der Waals surface area contributed by atoms with Gasteiger partial charge in [-0.25, -0.2) is 0 Å². The number of nitrogens with zero attached hydrogens (tertiary/aromatic N) is 2. The fourth-order valence-corrected chi connectivity index (χ4v) is 7.70. The van der Waals surface area contributed by atoms with Crippen molar-refractivity contribution in [3.8, 4) is 11.4 Å². The highest BCUT2D eigenvalue weighted by Crippen LogP contribution is 2.40. The highest BCUT2D eigenvalue weighted by atomic mass is 16.3. The van der Waals surface area contributed by atoms with Gasteiger partial charge in [-0.3, -0.25) is 0 Å². The molecule has 4 heteroatoms. The van der Waals surface area contributed by atoms with Crippen molar-refractivity contribution in [3.05, 3.63) is 146 Å². The normalized spacial score (nSPS) is 12.3. The Labute approximate surface area is 261 Å². The van der Waals surface area contributed by atoms with Crippen molar-refractivity contribution in [2.24, 2.45) is 0 Å². The summed E-state index contributed by atoms with van der Waals surface area (Å²) < 4.78 is 17.7. The SMILES string of the molecule is c1ccc2c(c1)c1ccccc1n2-c1ccc2c(c1)oc1cc3c(cc12)oc1ccc(-n2c4ccccc4c4ccccc42)cc13. The molecule has 0 N–H and O–H groups in total. The Kier molecular flexibility index (Phi) is 4.55. The molecule has 0 saturated heterocycles. The Hall–Kier alpha value is -6.26. The van der Waals surface area contributed by atoms with Crippen LogP contribution in [0.15, 0.2) is 154 Å². The van der Waals surface area contributed by atoms with Gasteiger partial charge in [0.25, 0.3) is 0 Å². The van der Waals surface area contributed by atoms with Gasteiger partial charge in [-0.2, -0.15) is 0 Å². The van der Waals surface area contributed by atoms with Gasteiger partial charge in [-0.1, -0.05) is 72.8 Å². The topological polar surface area (TPSA) is 36.1 Å². The van der Waals surface area contributed by atoms with Gasteiger partial charge < -0.3 is 18.0 Å². The smallest absolute Gasteiger partial charge is 0.137 e. The van der Waals surface area contributed by atoms with E-state index in [1.165, 1.54) is 43.6 Å². The number of aromatic nitrogens is 2. The van der Waals surface area contributed by atoms with E-state index >= 15 is 0 Å². The third-order valence-corrected chi connectivity index (χ3v) is 9.71. The Morgan fingerprint density at radius 3 is 1.22 bits per heavy atom. The van der Waals surface area contributed by atoms with E-state index in [0.29, 0.717) is 0 Å². The van der Waals surface area contributed by atoms with Crippen LogP contribution >= 0.6 is 0 Å². The van der Waals surface area contributed by atoms with Crippen molar-refractivity contribution < 1.29 is 8.83 Å². The van der Waals surface area contributed by atoms with E-state index in [1.54, 1.807) is 0 Å². The van der Waals surface area contributed by atoms with E-state index in [0.717, 1.165) is 55.3 Å². The van der Waals surface area contributed by atoms with Crippen LogP contribution in [0, 0.1) is 0 Å². The molecule has 0 radical (unpaired) electrons. The van der Waals surface area contributed by atoms with E-state index in [4.69, 9.17) is 8.83 Å².